The molecule has 1 aromatic heterocycles. The second-order valence-electron chi connectivity index (χ2n) is 8.20. The summed E-state index contributed by atoms with van der Waals surface area (Å²) in [5, 5.41) is 3.38. The molecule has 3 heterocycles. The van der Waals surface area contributed by atoms with E-state index >= 15 is 0 Å². The van der Waals surface area contributed by atoms with Gasteiger partial charge in [0.1, 0.15) is 17.4 Å². The highest BCUT2D eigenvalue weighted by atomic mass is 16.5. The Labute approximate surface area is 160 Å². The van der Waals surface area contributed by atoms with E-state index in [0.717, 1.165) is 74.3 Å². The minimum absolute atomic E-state index is 0.321. The Balaban J connectivity index is 1.19. The summed E-state index contributed by atoms with van der Waals surface area (Å²) in [6, 6.07) is 6.93. The van der Waals surface area contributed by atoms with Crippen LogP contribution in [0, 0.1) is 0 Å². The summed E-state index contributed by atoms with van der Waals surface area (Å²) in [6.07, 6.45) is 6.77. The summed E-state index contributed by atoms with van der Waals surface area (Å²) < 4.78 is 12.3. The standard InChI is InChI=1S/C21H30N4O2/c1-2-16(3-1)25-10-6-17(7-11-25)26-18-4-5-19-20(14-18)27-21(23-19)15-24-12-8-22-9-13-24/h4-5,14,16-17,22H,1-3,6-13,15H2. The molecule has 0 atom stereocenters. The van der Waals surface area contributed by atoms with E-state index < -0.39 is 0 Å². The van der Waals surface area contributed by atoms with E-state index in [1.54, 1.807) is 0 Å². The van der Waals surface area contributed by atoms with Gasteiger partial charge >= 0.3 is 0 Å². The van der Waals surface area contributed by atoms with Crippen LogP contribution in [0.3, 0.4) is 0 Å². The molecule has 2 saturated heterocycles. The first kappa shape index (κ1) is 17.5. The highest BCUT2D eigenvalue weighted by molar-refractivity contribution is 5.74. The van der Waals surface area contributed by atoms with E-state index in [2.05, 4.69) is 20.1 Å². The van der Waals surface area contributed by atoms with Crippen LogP contribution in [0.4, 0.5) is 0 Å². The number of ether oxygens (including phenoxy) is 1. The van der Waals surface area contributed by atoms with Crippen molar-refractivity contribution < 1.29 is 9.15 Å². The van der Waals surface area contributed by atoms with Gasteiger partial charge in [-0.15, -0.1) is 0 Å². The highest BCUT2D eigenvalue weighted by Crippen LogP contribution is 2.29. The quantitative estimate of drug-likeness (QED) is 0.873. The second-order valence-corrected chi connectivity index (χ2v) is 8.20. The van der Waals surface area contributed by atoms with Crippen molar-refractivity contribution in [2.75, 3.05) is 39.3 Å². The molecule has 1 aliphatic carbocycles. The Morgan fingerprint density at radius 1 is 1.07 bits per heavy atom. The van der Waals surface area contributed by atoms with Crippen molar-refractivity contribution >= 4 is 11.1 Å². The van der Waals surface area contributed by atoms with Gasteiger partial charge < -0.3 is 19.4 Å². The van der Waals surface area contributed by atoms with Gasteiger partial charge in [0, 0.05) is 51.4 Å². The molecule has 1 saturated carbocycles. The van der Waals surface area contributed by atoms with Crippen LogP contribution in [-0.2, 0) is 6.54 Å². The molecule has 2 aromatic rings. The normalized spacial score (nSPS) is 23.6. The summed E-state index contributed by atoms with van der Waals surface area (Å²) in [6.45, 7) is 7.31. The lowest BCUT2D eigenvalue weighted by Gasteiger charge is -2.41. The van der Waals surface area contributed by atoms with E-state index in [1.807, 2.05) is 18.2 Å². The number of piperazine rings is 1. The number of hydrogen-bond acceptors (Lipinski definition) is 6. The lowest BCUT2D eigenvalue weighted by Crippen LogP contribution is -2.46. The lowest BCUT2D eigenvalue weighted by molar-refractivity contribution is 0.0494. The van der Waals surface area contributed by atoms with Crippen LogP contribution in [0.2, 0.25) is 0 Å². The molecule has 1 N–H and O–H groups in total. The van der Waals surface area contributed by atoms with Crippen molar-refractivity contribution in [3.05, 3.63) is 24.1 Å². The molecule has 6 heteroatoms. The average molecular weight is 370 g/mol. The lowest BCUT2D eigenvalue weighted by atomic mass is 9.90. The van der Waals surface area contributed by atoms with Crippen molar-refractivity contribution in [2.45, 2.75) is 50.8 Å². The number of fused-ring (bicyclic) bond motifs is 1. The van der Waals surface area contributed by atoms with E-state index in [4.69, 9.17) is 9.15 Å². The van der Waals surface area contributed by atoms with E-state index in [-0.39, 0.29) is 0 Å². The fraction of sp³-hybridized carbons (Fsp3) is 0.667. The molecule has 0 radical (unpaired) electrons. The predicted octanol–water partition coefficient (Wildman–Crippen LogP) is 2.63. The number of benzene rings is 1. The van der Waals surface area contributed by atoms with Crippen molar-refractivity contribution in [3.8, 4) is 5.75 Å². The van der Waals surface area contributed by atoms with Gasteiger partial charge in [-0.25, -0.2) is 4.98 Å². The number of aromatic nitrogens is 1. The van der Waals surface area contributed by atoms with Crippen LogP contribution >= 0.6 is 0 Å². The third-order valence-corrected chi connectivity index (χ3v) is 6.34. The molecular formula is C21H30N4O2. The van der Waals surface area contributed by atoms with E-state index in [0.29, 0.717) is 6.10 Å². The molecule has 27 heavy (non-hydrogen) atoms. The number of piperidine rings is 1. The number of nitrogens with zero attached hydrogens (tertiary/aromatic N) is 3. The summed E-state index contributed by atoms with van der Waals surface area (Å²) >= 11 is 0. The van der Waals surface area contributed by atoms with Crippen LogP contribution in [0.5, 0.6) is 5.75 Å². The monoisotopic (exact) mass is 370 g/mol. The molecule has 3 fully saturated rings. The zero-order valence-electron chi connectivity index (χ0n) is 16.0. The highest BCUT2D eigenvalue weighted by Gasteiger charge is 2.29. The average Bonchev–Trinajstić information content (AvgIpc) is 3.04. The van der Waals surface area contributed by atoms with E-state index in [1.165, 1.54) is 32.4 Å². The molecule has 5 rings (SSSR count). The summed E-state index contributed by atoms with van der Waals surface area (Å²) in [5.41, 5.74) is 1.76. The van der Waals surface area contributed by atoms with Gasteiger partial charge in [-0.1, -0.05) is 6.42 Å². The number of oxazole rings is 1. The Bertz CT molecular complexity index is 759. The minimum atomic E-state index is 0.321. The molecule has 0 amide bonds. The third-order valence-electron chi connectivity index (χ3n) is 6.34. The van der Waals surface area contributed by atoms with Gasteiger partial charge in [-0.3, -0.25) is 4.90 Å². The number of rotatable bonds is 5. The van der Waals surface area contributed by atoms with Crippen molar-refractivity contribution in [1.29, 1.82) is 0 Å². The summed E-state index contributed by atoms with van der Waals surface area (Å²) in [4.78, 5) is 9.69. The molecule has 0 spiro atoms. The van der Waals surface area contributed by atoms with Gasteiger partial charge in [0.05, 0.1) is 6.54 Å². The summed E-state index contributed by atoms with van der Waals surface area (Å²) in [5.74, 6) is 1.72. The van der Waals surface area contributed by atoms with Crippen LogP contribution in [0.15, 0.2) is 22.6 Å². The topological polar surface area (TPSA) is 53.8 Å². The Morgan fingerprint density at radius 3 is 2.63 bits per heavy atom. The first-order valence-corrected chi connectivity index (χ1v) is 10.6. The molecule has 1 aromatic carbocycles. The van der Waals surface area contributed by atoms with Crippen LogP contribution in [0.1, 0.15) is 38.0 Å². The molecule has 146 valence electrons. The van der Waals surface area contributed by atoms with Gasteiger partial charge in [0.25, 0.3) is 0 Å². The van der Waals surface area contributed by atoms with E-state index in [9.17, 15) is 0 Å². The minimum Gasteiger partial charge on any atom is -0.490 e. The van der Waals surface area contributed by atoms with Gasteiger partial charge in [0.2, 0.25) is 5.89 Å². The Hall–Kier alpha value is -1.63. The zero-order chi connectivity index (χ0) is 18.1. The molecule has 3 aliphatic rings. The van der Waals surface area contributed by atoms with Gasteiger partial charge in [-0.2, -0.15) is 0 Å². The smallest absolute Gasteiger partial charge is 0.209 e. The first-order chi connectivity index (χ1) is 13.3. The fourth-order valence-electron chi connectivity index (χ4n) is 4.46. The zero-order valence-corrected chi connectivity index (χ0v) is 16.0. The number of hydrogen-bond donors (Lipinski definition) is 1. The maximum atomic E-state index is 6.27. The van der Waals surface area contributed by atoms with Crippen molar-refractivity contribution in [3.63, 3.8) is 0 Å². The molecular weight excluding hydrogens is 340 g/mol. The number of nitrogens with one attached hydrogen (secondary N) is 1. The second kappa shape index (κ2) is 7.78. The largest absolute Gasteiger partial charge is 0.490 e. The Morgan fingerprint density at radius 2 is 1.89 bits per heavy atom. The number of likely N-dealkylation sites (tertiary alicyclic amines) is 1. The van der Waals surface area contributed by atoms with Crippen LogP contribution in [0.25, 0.3) is 11.1 Å². The predicted molar refractivity (Wildman–Crippen MR) is 105 cm³/mol. The molecule has 2 aliphatic heterocycles. The molecule has 0 unspecified atom stereocenters. The summed E-state index contributed by atoms with van der Waals surface area (Å²) in [7, 11) is 0. The van der Waals surface area contributed by atoms with Gasteiger partial charge in [0.15, 0.2) is 5.58 Å². The van der Waals surface area contributed by atoms with Crippen LogP contribution in [-0.4, -0.2) is 66.2 Å². The molecule has 6 nitrogen and oxygen atoms in total. The van der Waals surface area contributed by atoms with Crippen molar-refractivity contribution in [2.24, 2.45) is 0 Å². The third kappa shape index (κ3) is 3.98. The van der Waals surface area contributed by atoms with Crippen LogP contribution < -0.4 is 10.1 Å². The van der Waals surface area contributed by atoms with Crippen molar-refractivity contribution in [1.82, 2.24) is 20.1 Å². The fourth-order valence-corrected chi connectivity index (χ4v) is 4.46. The maximum Gasteiger partial charge on any atom is 0.209 e. The van der Waals surface area contributed by atoms with Gasteiger partial charge in [-0.05, 0) is 37.8 Å². The SMILES string of the molecule is c1cc2nc(CN3CCNCC3)oc2cc1OC1CCN(C2CCC2)CC1. The Kier molecular flexibility index (Phi) is 5.03. The molecule has 0 bridgehead atoms. The first-order valence-electron chi connectivity index (χ1n) is 10.6. The maximum absolute atomic E-state index is 6.27.